The van der Waals surface area contributed by atoms with Crippen LogP contribution in [-0.4, -0.2) is 20.9 Å². The second-order valence-electron chi connectivity index (χ2n) is 4.68. The Hall–Kier alpha value is -2.27. The van der Waals surface area contributed by atoms with Gasteiger partial charge in [0.15, 0.2) is 5.75 Å². The van der Waals surface area contributed by atoms with Crippen LogP contribution in [0.3, 0.4) is 0 Å². The quantitative estimate of drug-likeness (QED) is 0.848. The maximum atomic E-state index is 10.6. The van der Waals surface area contributed by atoms with Gasteiger partial charge in [-0.1, -0.05) is 17.7 Å². The highest BCUT2D eigenvalue weighted by atomic mass is 35.5. The highest BCUT2D eigenvalue weighted by Crippen LogP contribution is 2.31. The zero-order chi connectivity index (χ0) is 15.4. The van der Waals surface area contributed by atoms with Crippen molar-refractivity contribution in [2.24, 2.45) is 0 Å². The number of halogens is 1. The molecule has 5 nitrogen and oxygen atoms in total. The van der Waals surface area contributed by atoms with Crippen molar-refractivity contribution in [2.75, 3.05) is 0 Å². The standard InChI is InChI=1S/C15H15ClN2O3/c1-10(2)18-9-11(8-17-18)21-14-5-3-4-13(16)12(14)6-7-15(19)20/h3-10H,1-2H3,(H,19,20)/b7-6+. The van der Waals surface area contributed by atoms with Gasteiger partial charge in [-0.3, -0.25) is 4.68 Å². The van der Waals surface area contributed by atoms with Crippen LogP contribution in [0, 0.1) is 0 Å². The first-order valence-corrected chi connectivity index (χ1v) is 6.76. The number of benzene rings is 1. The molecule has 0 unspecified atom stereocenters. The van der Waals surface area contributed by atoms with Crippen LogP contribution >= 0.6 is 11.6 Å². The maximum Gasteiger partial charge on any atom is 0.328 e. The van der Waals surface area contributed by atoms with E-state index < -0.39 is 5.97 Å². The van der Waals surface area contributed by atoms with Gasteiger partial charge < -0.3 is 9.84 Å². The molecular formula is C15H15ClN2O3. The Morgan fingerprint density at radius 1 is 1.48 bits per heavy atom. The Morgan fingerprint density at radius 3 is 2.86 bits per heavy atom. The van der Waals surface area contributed by atoms with Gasteiger partial charge in [0.2, 0.25) is 0 Å². The Kier molecular flexibility index (Phi) is 4.65. The largest absolute Gasteiger partial charge is 0.478 e. The van der Waals surface area contributed by atoms with Crippen LogP contribution in [-0.2, 0) is 4.79 Å². The molecule has 0 aliphatic rings. The molecule has 110 valence electrons. The molecule has 2 rings (SSSR count). The number of nitrogens with zero attached hydrogens (tertiary/aromatic N) is 2. The number of hydrogen-bond acceptors (Lipinski definition) is 3. The van der Waals surface area contributed by atoms with Crippen LogP contribution in [0.4, 0.5) is 0 Å². The van der Waals surface area contributed by atoms with Gasteiger partial charge in [0.1, 0.15) is 5.75 Å². The number of carboxylic acids is 1. The molecule has 0 aliphatic heterocycles. The Bertz CT molecular complexity index is 677. The summed E-state index contributed by atoms with van der Waals surface area (Å²) >= 11 is 6.09. The number of aromatic nitrogens is 2. The predicted molar refractivity (Wildman–Crippen MR) is 80.8 cm³/mol. The normalized spacial score (nSPS) is 11.2. The number of carboxylic acid groups (broad SMARTS) is 1. The highest BCUT2D eigenvalue weighted by Gasteiger charge is 2.09. The minimum absolute atomic E-state index is 0.230. The van der Waals surface area contributed by atoms with Crippen molar-refractivity contribution in [1.29, 1.82) is 0 Å². The maximum absolute atomic E-state index is 10.6. The number of ether oxygens (including phenoxy) is 1. The monoisotopic (exact) mass is 306 g/mol. The lowest BCUT2D eigenvalue weighted by Gasteiger charge is -2.08. The molecule has 1 heterocycles. The molecule has 0 fully saturated rings. The van der Waals surface area contributed by atoms with Gasteiger partial charge in [0.25, 0.3) is 0 Å². The Balaban J connectivity index is 2.30. The molecule has 1 aromatic carbocycles. The summed E-state index contributed by atoms with van der Waals surface area (Å²) in [6, 6.07) is 5.36. The van der Waals surface area contributed by atoms with Crippen LogP contribution in [0.2, 0.25) is 5.02 Å². The molecule has 6 heteroatoms. The average molecular weight is 307 g/mol. The summed E-state index contributed by atoms with van der Waals surface area (Å²) in [5.41, 5.74) is 0.513. The van der Waals surface area contributed by atoms with Crippen LogP contribution in [0.5, 0.6) is 11.5 Å². The fourth-order valence-electron chi connectivity index (χ4n) is 1.71. The SMILES string of the molecule is CC(C)n1cc(Oc2cccc(Cl)c2/C=C/C(=O)O)cn1. The van der Waals surface area contributed by atoms with E-state index >= 15 is 0 Å². The molecule has 0 aliphatic carbocycles. The summed E-state index contributed by atoms with van der Waals surface area (Å²) in [7, 11) is 0. The lowest BCUT2D eigenvalue weighted by atomic mass is 10.2. The van der Waals surface area contributed by atoms with E-state index in [2.05, 4.69) is 5.10 Å². The van der Waals surface area contributed by atoms with Gasteiger partial charge in [0, 0.05) is 17.7 Å². The van der Waals surface area contributed by atoms with Crippen molar-refractivity contribution >= 4 is 23.6 Å². The van der Waals surface area contributed by atoms with E-state index in [0.29, 0.717) is 22.1 Å². The van der Waals surface area contributed by atoms with Crippen molar-refractivity contribution in [1.82, 2.24) is 9.78 Å². The molecule has 0 amide bonds. The first-order chi connectivity index (χ1) is 9.97. The van der Waals surface area contributed by atoms with Crippen molar-refractivity contribution in [3.8, 4) is 11.5 Å². The van der Waals surface area contributed by atoms with Crippen molar-refractivity contribution in [3.05, 3.63) is 47.3 Å². The van der Waals surface area contributed by atoms with E-state index in [9.17, 15) is 4.79 Å². The van der Waals surface area contributed by atoms with Gasteiger partial charge in [-0.15, -0.1) is 0 Å². The van der Waals surface area contributed by atoms with Gasteiger partial charge in [-0.25, -0.2) is 4.79 Å². The number of hydrogen-bond donors (Lipinski definition) is 1. The third-order valence-electron chi connectivity index (χ3n) is 2.74. The van der Waals surface area contributed by atoms with E-state index in [0.717, 1.165) is 6.08 Å². The minimum Gasteiger partial charge on any atom is -0.478 e. The van der Waals surface area contributed by atoms with Crippen LogP contribution in [0.25, 0.3) is 6.08 Å². The van der Waals surface area contributed by atoms with Crippen LogP contribution in [0.1, 0.15) is 25.5 Å². The fraction of sp³-hybridized carbons (Fsp3) is 0.200. The summed E-state index contributed by atoms with van der Waals surface area (Å²) in [6.45, 7) is 4.02. The first-order valence-electron chi connectivity index (χ1n) is 6.39. The van der Waals surface area contributed by atoms with Crippen molar-refractivity contribution in [3.63, 3.8) is 0 Å². The molecule has 0 spiro atoms. The van der Waals surface area contributed by atoms with Gasteiger partial charge >= 0.3 is 5.97 Å². The molecule has 21 heavy (non-hydrogen) atoms. The van der Waals surface area contributed by atoms with E-state index in [1.54, 1.807) is 35.3 Å². The molecule has 1 aromatic heterocycles. The molecular weight excluding hydrogens is 292 g/mol. The molecule has 0 atom stereocenters. The van der Waals surface area contributed by atoms with E-state index in [4.69, 9.17) is 21.4 Å². The topological polar surface area (TPSA) is 64.3 Å². The van der Waals surface area contributed by atoms with E-state index in [-0.39, 0.29) is 6.04 Å². The van der Waals surface area contributed by atoms with E-state index in [1.807, 2.05) is 13.8 Å². The lowest BCUT2D eigenvalue weighted by Crippen LogP contribution is -1.99. The van der Waals surface area contributed by atoms with E-state index in [1.165, 1.54) is 6.08 Å². The predicted octanol–water partition coefficient (Wildman–Crippen LogP) is 4.01. The number of rotatable bonds is 5. The van der Waals surface area contributed by atoms with Gasteiger partial charge in [-0.05, 0) is 32.1 Å². The summed E-state index contributed by atoms with van der Waals surface area (Å²) < 4.78 is 7.51. The van der Waals surface area contributed by atoms with Crippen molar-refractivity contribution in [2.45, 2.75) is 19.9 Å². The number of aliphatic carboxylic acids is 1. The molecule has 2 aromatic rings. The Morgan fingerprint density at radius 2 is 2.24 bits per heavy atom. The summed E-state index contributed by atoms with van der Waals surface area (Å²) in [5.74, 6) is -0.00672. The first kappa shape index (κ1) is 15.1. The second kappa shape index (κ2) is 6.45. The lowest BCUT2D eigenvalue weighted by molar-refractivity contribution is -0.131. The molecule has 0 bridgehead atoms. The zero-order valence-electron chi connectivity index (χ0n) is 11.7. The van der Waals surface area contributed by atoms with Crippen molar-refractivity contribution < 1.29 is 14.6 Å². The smallest absolute Gasteiger partial charge is 0.328 e. The highest BCUT2D eigenvalue weighted by molar-refractivity contribution is 6.32. The number of carbonyl (C=O) groups is 1. The van der Waals surface area contributed by atoms with Gasteiger partial charge in [0.05, 0.1) is 17.4 Å². The molecule has 0 saturated heterocycles. The molecule has 1 N–H and O–H groups in total. The summed E-state index contributed by atoms with van der Waals surface area (Å²) in [5, 5.41) is 13.3. The van der Waals surface area contributed by atoms with Crippen LogP contribution in [0.15, 0.2) is 36.7 Å². The third-order valence-corrected chi connectivity index (χ3v) is 3.07. The Labute approximate surface area is 127 Å². The van der Waals surface area contributed by atoms with Crippen LogP contribution < -0.4 is 4.74 Å². The van der Waals surface area contributed by atoms with Gasteiger partial charge in [-0.2, -0.15) is 5.10 Å². The summed E-state index contributed by atoms with van der Waals surface area (Å²) in [6.07, 6.45) is 5.81. The summed E-state index contributed by atoms with van der Waals surface area (Å²) in [4.78, 5) is 10.6. The second-order valence-corrected chi connectivity index (χ2v) is 5.08. The fourth-order valence-corrected chi connectivity index (χ4v) is 1.93. The molecule has 0 saturated carbocycles. The molecule has 0 radical (unpaired) electrons. The third kappa shape index (κ3) is 3.86. The zero-order valence-corrected chi connectivity index (χ0v) is 12.4. The minimum atomic E-state index is -1.05. The average Bonchev–Trinajstić information content (AvgIpc) is 2.86.